The molecule has 0 bridgehead atoms. The number of hydrogen-bond acceptors (Lipinski definition) is 2. The fraction of sp³-hybridized carbons (Fsp3) is 0.938. The molecule has 2 aliphatic heterocycles. The van der Waals surface area contributed by atoms with Crippen LogP contribution in [0.4, 0.5) is 0 Å². The monoisotopic (exact) mass is 302 g/mol. The van der Waals surface area contributed by atoms with E-state index in [1.165, 1.54) is 25.7 Å². The van der Waals surface area contributed by atoms with Crippen LogP contribution in [0.25, 0.3) is 0 Å². The highest BCUT2D eigenvalue weighted by atomic mass is 35.5. The van der Waals surface area contributed by atoms with Crippen LogP contribution in [0, 0.1) is 17.8 Å². The molecule has 2 rings (SSSR count). The average Bonchev–Trinajstić information content (AvgIpc) is 2.89. The topological polar surface area (TPSA) is 32.3 Å². The van der Waals surface area contributed by atoms with Crippen LogP contribution < -0.4 is 5.32 Å². The fourth-order valence-corrected chi connectivity index (χ4v) is 3.72. The van der Waals surface area contributed by atoms with E-state index in [1.54, 1.807) is 0 Å². The molecule has 0 aliphatic carbocycles. The smallest absolute Gasteiger partial charge is 0.223 e. The van der Waals surface area contributed by atoms with Crippen LogP contribution in [-0.4, -0.2) is 36.5 Å². The van der Waals surface area contributed by atoms with Gasteiger partial charge in [0.05, 0.1) is 0 Å². The number of hydrogen-bond donors (Lipinski definition) is 1. The molecular weight excluding hydrogens is 272 g/mol. The van der Waals surface area contributed by atoms with E-state index >= 15 is 0 Å². The molecule has 2 fully saturated rings. The van der Waals surface area contributed by atoms with Gasteiger partial charge in [-0.15, -0.1) is 12.4 Å². The van der Waals surface area contributed by atoms with Crippen LogP contribution >= 0.6 is 12.4 Å². The summed E-state index contributed by atoms with van der Waals surface area (Å²) in [6.45, 7) is 9.98. The lowest BCUT2D eigenvalue weighted by Crippen LogP contribution is -2.41. The van der Waals surface area contributed by atoms with Crippen molar-refractivity contribution in [2.24, 2.45) is 17.8 Å². The summed E-state index contributed by atoms with van der Waals surface area (Å²) in [6.07, 6.45) is 5.68. The third-order valence-electron chi connectivity index (χ3n) is 5.03. The molecule has 0 aromatic rings. The van der Waals surface area contributed by atoms with Crippen LogP contribution in [0.3, 0.4) is 0 Å². The molecule has 0 spiro atoms. The zero-order chi connectivity index (χ0) is 13.8. The number of rotatable bonds is 4. The first-order chi connectivity index (χ1) is 9.09. The summed E-state index contributed by atoms with van der Waals surface area (Å²) in [6, 6.07) is 0.490. The third kappa shape index (κ3) is 4.36. The Kier molecular flexibility index (Phi) is 7.32. The minimum atomic E-state index is 0. The van der Waals surface area contributed by atoms with Crippen LogP contribution in [0.5, 0.6) is 0 Å². The van der Waals surface area contributed by atoms with Gasteiger partial charge < -0.3 is 10.2 Å². The molecule has 118 valence electrons. The standard InChI is InChI=1S/C16H30N2O.ClH/c1-12(2)15-7-5-9-18(15)16(19)10-13(3)14-6-4-8-17-11-14;/h12-15,17H,4-11H2,1-3H3;1H. The van der Waals surface area contributed by atoms with Crippen LogP contribution in [0.15, 0.2) is 0 Å². The Morgan fingerprint density at radius 3 is 2.60 bits per heavy atom. The number of nitrogens with one attached hydrogen (secondary N) is 1. The van der Waals surface area contributed by atoms with Gasteiger partial charge in [-0.05, 0) is 56.5 Å². The normalized spacial score (nSPS) is 28.3. The van der Waals surface area contributed by atoms with E-state index in [1.807, 2.05) is 0 Å². The minimum absolute atomic E-state index is 0. The molecule has 3 atom stereocenters. The van der Waals surface area contributed by atoms with Crippen molar-refractivity contribution in [2.75, 3.05) is 19.6 Å². The number of amides is 1. The fourth-order valence-electron chi connectivity index (χ4n) is 3.72. The maximum absolute atomic E-state index is 12.5. The number of carbonyl (C=O) groups excluding carboxylic acids is 1. The van der Waals surface area contributed by atoms with Gasteiger partial charge in [0.15, 0.2) is 0 Å². The average molecular weight is 303 g/mol. The van der Waals surface area contributed by atoms with Crippen molar-refractivity contribution in [2.45, 2.75) is 58.9 Å². The first-order valence-corrected chi connectivity index (χ1v) is 8.09. The molecule has 0 saturated carbocycles. The van der Waals surface area contributed by atoms with Crippen molar-refractivity contribution in [3.05, 3.63) is 0 Å². The number of piperidine rings is 1. The molecule has 0 aromatic carbocycles. The summed E-state index contributed by atoms with van der Waals surface area (Å²) in [7, 11) is 0. The van der Waals surface area contributed by atoms with Gasteiger partial charge in [0.1, 0.15) is 0 Å². The highest BCUT2D eigenvalue weighted by Gasteiger charge is 2.32. The van der Waals surface area contributed by atoms with Crippen LogP contribution in [0.1, 0.15) is 52.9 Å². The molecule has 0 aromatic heterocycles. The molecule has 0 radical (unpaired) electrons. The summed E-state index contributed by atoms with van der Waals surface area (Å²) in [4.78, 5) is 14.7. The summed E-state index contributed by atoms with van der Waals surface area (Å²) in [5.41, 5.74) is 0. The van der Waals surface area contributed by atoms with E-state index in [0.717, 1.165) is 26.1 Å². The Bertz CT molecular complexity index is 303. The van der Waals surface area contributed by atoms with E-state index in [2.05, 4.69) is 31.0 Å². The van der Waals surface area contributed by atoms with Gasteiger partial charge in [-0.2, -0.15) is 0 Å². The Hall–Kier alpha value is -0.280. The van der Waals surface area contributed by atoms with Gasteiger partial charge in [-0.25, -0.2) is 0 Å². The lowest BCUT2D eigenvalue weighted by Gasteiger charge is -2.32. The van der Waals surface area contributed by atoms with Gasteiger partial charge in [0.25, 0.3) is 0 Å². The molecule has 3 unspecified atom stereocenters. The first kappa shape index (κ1) is 17.8. The second-order valence-electron chi connectivity index (χ2n) is 6.83. The Balaban J connectivity index is 0.00000200. The Morgan fingerprint density at radius 1 is 1.25 bits per heavy atom. The van der Waals surface area contributed by atoms with Crippen molar-refractivity contribution in [1.82, 2.24) is 10.2 Å². The molecule has 1 amide bonds. The molecule has 1 N–H and O–H groups in total. The SMILES string of the molecule is CC(C)C1CCCN1C(=O)CC(C)C1CCCNC1.Cl. The highest BCUT2D eigenvalue weighted by molar-refractivity contribution is 5.85. The van der Waals surface area contributed by atoms with Crippen molar-refractivity contribution in [1.29, 1.82) is 0 Å². The lowest BCUT2D eigenvalue weighted by atomic mass is 9.85. The third-order valence-corrected chi connectivity index (χ3v) is 5.03. The second-order valence-corrected chi connectivity index (χ2v) is 6.83. The first-order valence-electron chi connectivity index (χ1n) is 8.09. The predicted octanol–water partition coefficient (Wildman–Crippen LogP) is 3.08. The summed E-state index contributed by atoms with van der Waals surface area (Å²) >= 11 is 0. The largest absolute Gasteiger partial charge is 0.339 e. The Morgan fingerprint density at radius 2 is 2.00 bits per heavy atom. The van der Waals surface area contributed by atoms with Crippen LogP contribution in [-0.2, 0) is 4.79 Å². The zero-order valence-corrected chi connectivity index (χ0v) is 14.0. The second kappa shape index (κ2) is 8.23. The number of halogens is 1. The van der Waals surface area contributed by atoms with Crippen molar-refractivity contribution < 1.29 is 4.79 Å². The molecule has 2 heterocycles. The maximum Gasteiger partial charge on any atom is 0.223 e. The molecule has 3 nitrogen and oxygen atoms in total. The van der Waals surface area contributed by atoms with Crippen molar-refractivity contribution in [3.8, 4) is 0 Å². The number of likely N-dealkylation sites (tertiary alicyclic amines) is 1. The zero-order valence-electron chi connectivity index (χ0n) is 13.2. The highest BCUT2D eigenvalue weighted by Crippen LogP contribution is 2.28. The van der Waals surface area contributed by atoms with E-state index < -0.39 is 0 Å². The van der Waals surface area contributed by atoms with E-state index in [4.69, 9.17) is 0 Å². The van der Waals surface area contributed by atoms with E-state index in [-0.39, 0.29) is 12.4 Å². The quantitative estimate of drug-likeness (QED) is 0.865. The summed E-state index contributed by atoms with van der Waals surface area (Å²) < 4.78 is 0. The maximum atomic E-state index is 12.5. The number of carbonyl (C=O) groups is 1. The van der Waals surface area contributed by atoms with Crippen molar-refractivity contribution in [3.63, 3.8) is 0 Å². The number of nitrogens with zero attached hydrogens (tertiary/aromatic N) is 1. The molecule has 4 heteroatoms. The van der Waals surface area contributed by atoms with Crippen molar-refractivity contribution >= 4 is 18.3 Å². The van der Waals surface area contributed by atoms with Gasteiger partial charge in [0.2, 0.25) is 5.91 Å². The van der Waals surface area contributed by atoms with Crippen LogP contribution in [0.2, 0.25) is 0 Å². The molecule has 20 heavy (non-hydrogen) atoms. The summed E-state index contributed by atoms with van der Waals surface area (Å²) in [5.74, 6) is 2.21. The van der Waals surface area contributed by atoms with E-state index in [9.17, 15) is 4.79 Å². The minimum Gasteiger partial charge on any atom is -0.339 e. The molecular formula is C16H31ClN2O. The van der Waals surface area contributed by atoms with Gasteiger partial charge in [-0.1, -0.05) is 20.8 Å². The predicted molar refractivity (Wildman–Crippen MR) is 86.2 cm³/mol. The van der Waals surface area contributed by atoms with Gasteiger partial charge in [-0.3, -0.25) is 4.79 Å². The lowest BCUT2D eigenvalue weighted by molar-refractivity contribution is -0.134. The molecule has 2 saturated heterocycles. The summed E-state index contributed by atoms with van der Waals surface area (Å²) in [5, 5.41) is 3.46. The molecule has 2 aliphatic rings. The van der Waals surface area contributed by atoms with E-state index in [0.29, 0.717) is 29.7 Å². The Labute approximate surface area is 130 Å². The van der Waals surface area contributed by atoms with Gasteiger partial charge in [0, 0.05) is 19.0 Å². The van der Waals surface area contributed by atoms with Gasteiger partial charge >= 0.3 is 0 Å².